The molecule has 170 valence electrons. The number of piperidine rings is 1. The number of likely N-dealkylation sites (tertiary alicyclic amines) is 1. The summed E-state index contributed by atoms with van der Waals surface area (Å²) in [5.41, 5.74) is 8.34. The van der Waals surface area contributed by atoms with E-state index in [2.05, 4.69) is 10.1 Å². The lowest BCUT2D eigenvalue weighted by Gasteiger charge is -2.34. The average molecular weight is 439 g/mol. The molecule has 3 rings (SSSR count). The highest BCUT2D eigenvalue weighted by molar-refractivity contribution is 5.79. The molecular weight excluding hydrogens is 408 g/mol. The molecule has 1 amide bonds. The molecule has 0 radical (unpaired) electrons. The summed E-state index contributed by atoms with van der Waals surface area (Å²) < 4.78 is 12.9. The lowest BCUT2D eigenvalue weighted by Crippen LogP contribution is -2.43. The number of carbonyl (C=O) groups is 1. The third kappa shape index (κ3) is 4.85. The summed E-state index contributed by atoms with van der Waals surface area (Å²) in [5.74, 6) is 0.460. The number of nitriles is 1. The van der Waals surface area contributed by atoms with Crippen molar-refractivity contribution in [3.63, 3.8) is 0 Å². The normalized spacial score (nSPS) is 17.1. The van der Waals surface area contributed by atoms with E-state index >= 15 is 0 Å². The van der Waals surface area contributed by atoms with Crippen LogP contribution in [0.1, 0.15) is 51.0 Å². The molecule has 9 heteroatoms. The second kappa shape index (κ2) is 9.30. The van der Waals surface area contributed by atoms with Crippen LogP contribution in [0.25, 0.3) is 16.7 Å². The molecule has 1 aliphatic heterocycles. The minimum Gasteiger partial charge on any atom is -0.494 e. The van der Waals surface area contributed by atoms with Crippen LogP contribution in [-0.2, 0) is 4.74 Å². The zero-order chi connectivity index (χ0) is 23.5. The van der Waals surface area contributed by atoms with Crippen molar-refractivity contribution in [2.45, 2.75) is 52.2 Å². The van der Waals surface area contributed by atoms with Gasteiger partial charge in [0.15, 0.2) is 0 Å². The molecule has 3 heterocycles. The Morgan fingerprint density at radius 1 is 1.38 bits per heavy atom. The Labute approximate surface area is 188 Å². The van der Waals surface area contributed by atoms with Crippen LogP contribution >= 0.6 is 0 Å². The first-order valence-corrected chi connectivity index (χ1v) is 10.6. The molecule has 9 nitrogen and oxygen atoms in total. The number of ether oxygens (including phenoxy) is 2. The molecule has 2 aromatic heterocycles. The molecular formula is C23H30N6O3. The van der Waals surface area contributed by atoms with Crippen molar-refractivity contribution in [2.24, 2.45) is 5.73 Å². The van der Waals surface area contributed by atoms with Crippen LogP contribution in [0, 0.1) is 18.3 Å². The third-order valence-electron chi connectivity index (χ3n) is 5.36. The number of pyridine rings is 1. The van der Waals surface area contributed by atoms with E-state index in [1.165, 1.54) is 13.3 Å². The molecule has 2 N–H and O–H groups in total. The monoisotopic (exact) mass is 438 g/mol. The van der Waals surface area contributed by atoms with E-state index < -0.39 is 5.60 Å². The van der Waals surface area contributed by atoms with Crippen molar-refractivity contribution < 1.29 is 14.3 Å². The van der Waals surface area contributed by atoms with E-state index in [1.54, 1.807) is 17.3 Å². The minimum atomic E-state index is -0.526. The standard InChI is InChI=1S/C23H30N6O3/c1-15-19(16-9-20(31-5)21(26-12-16)17(10-24)11-25)13-27-29(15)18-7-6-8-28(14-18)22(30)32-23(2,3)4/h9-10,12-13,18H,6-8,14,24H2,1-5H3/b17-10-/t18-/m1/s1. The Kier molecular flexibility index (Phi) is 6.72. The Bertz CT molecular complexity index is 1060. The highest BCUT2D eigenvalue weighted by atomic mass is 16.6. The number of amides is 1. The summed E-state index contributed by atoms with van der Waals surface area (Å²) in [6, 6.07) is 3.91. The molecule has 0 spiro atoms. The summed E-state index contributed by atoms with van der Waals surface area (Å²) in [4.78, 5) is 18.7. The van der Waals surface area contributed by atoms with Gasteiger partial charge < -0.3 is 20.1 Å². The van der Waals surface area contributed by atoms with Crippen molar-refractivity contribution in [3.05, 3.63) is 36.0 Å². The number of hydrogen-bond acceptors (Lipinski definition) is 7. The summed E-state index contributed by atoms with van der Waals surface area (Å²) in [5, 5.41) is 13.9. The van der Waals surface area contributed by atoms with Crippen molar-refractivity contribution in [3.8, 4) is 22.9 Å². The van der Waals surface area contributed by atoms with Gasteiger partial charge in [-0.05, 0) is 46.6 Å². The van der Waals surface area contributed by atoms with Crippen LogP contribution in [-0.4, -0.2) is 51.6 Å². The highest BCUT2D eigenvalue weighted by Gasteiger charge is 2.30. The van der Waals surface area contributed by atoms with Gasteiger partial charge >= 0.3 is 6.09 Å². The average Bonchev–Trinajstić information content (AvgIpc) is 3.15. The predicted molar refractivity (Wildman–Crippen MR) is 121 cm³/mol. The van der Waals surface area contributed by atoms with Crippen molar-refractivity contribution in [1.82, 2.24) is 19.7 Å². The van der Waals surface area contributed by atoms with Gasteiger partial charge in [-0.3, -0.25) is 9.67 Å². The maximum atomic E-state index is 12.5. The molecule has 2 aromatic rings. The van der Waals surface area contributed by atoms with E-state index in [0.717, 1.165) is 29.7 Å². The van der Waals surface area contributed by atoms with E-state index in [4.69, 9.17) is 15.2 Å². The van der Waals surface area contributed by atoms with Crippen LogP contribution in [0.15, 0.2) is 24.7 Å². The third-order valence-corrected chi connectivity index (χ3v) is 5.36. The Balaban J connectivity index is 1.85. The van der Waals surface area contributed by atoms with Crippen molar-refractivity contribution in [1.29, 1.82) is 5.26 Å². The topological polar surface area (TPSA) is 119 Å². The fourth-order valence-corrected chi connectivity index (χ4v) is 3.84. The second-order valence-corrected chi connectivity index (χ2v) is 8.78. The lowest BCUT2D eigenvalue weighted by molar-refractivity contribution is 0.0166. The molecule has 1 fully saturated rings. The SMILES string of the molecule is COc1cc(-c2cnn([C@@H]3CCCN(C(=O)OC(C)(C)C)C3)c2C)cnc1/C(C#N)=C\N. The van der Waals surface area contributed by atoms with E-state index in [-0.39, 0.29) is 17.7 Å². The first-order valence-electron chi connectivity index (χ1n) is 10.6. The van der Waals surface area contributed by atoms with Crippen LogP contribution in [0.4, 0.5) is 4.79 Å². The fraction of sp³-hybridized carbons (Fsp3) is 0.478. The highest BCUT2D eigenvalue weighted by Crippen LogP contribution is 2.32. The zero-order valence-corrected chi connectivity index (χ0v) is 19.3. The number of rotatable bonds is 4. The van der Waals surface area contributed by atoms with Gasteiger partial charge in [0, 0.05) is 42.3 Å². The molecule has 0 unspecified atom stereocenters. The van der Waals surface area contributed by atoms with Crippen LogP contribution in [0.2, 0.25) is 0 Å². The molecule has 1 aliphatic rings. The summed E-state index contributed by atoms with van der Waals surface area (Å²) in [7, 11) is 1.53. The molecule has 0 aliphatic carbocycles. The number of hydrogen-bond donors (Lipinski definition) is 1. The largest absolute Gasteiger partial charge is 0.494 e. The predicted octanol–water partition coefficient (Wildman–Crippen LogP) is 3.66. The molecule has 0 bridgehead atoms. The smallest absolute Gasteiger partial charge is 0.410 e. The van der Waals surface area contributed by atoms with E-state index in [1.807, 2.05) is 44.5 Å². The summed E-state index contributed by atoms with van der Waals surface area (Å²) in [6.07, 6.45) is 6.20. The Hall–Kier alpha value is -3.54. The number of aromatic nitrogens is 3. The summed E-state index contributed by atoms with van der Waals surface area (Å²) in [6.45, 7) is 8.82. The molecule has 1 saturated heterocycles. The van der Waals surface area contributed by atoms with Crippen LogP contribution < -0.4 is 10.5 Å². The molecule has 32 heavy (non-hydrogen) atoms. The van der Waals surface area contributed by atoms with Gasteiger partial charge in [0.1, 0.15) is 23.1 Å². The molecule has 1 atom stereocenters. The lowest BCUT2D eigenvalue weighted by atomic mass is 10.0. The van der Waals surface area contributed by atoms with Crippen molar-refractivity contribution >= 4 is 11.7 Å². The van der Waals surface area contributed by atoms with Gasteiger partial charge in [0.05, 0.1) is 24.9 Å². The van der Waals surface area contributed by atoms with E-state index in [0.29, 0.717) is 24.5 Å². The van der Waals surface area contributed by atoms with Gasteiger partial charge in [-0.2, -0.15) is 10.4 Å². The van der Waals surface area contributed by atoms with Crippen molar-refractivity contribution in [2.75, 3.05) is 20.2 Å². The van der Waals surface area contributed by atoms with Gasteiger partial charge in [-0.15, -0.1) is 0 Å². The van der Waals surface area contributed by atoms with Gasteiger partial charge in [-0.25, -0.2) is 4.79 Å². The maximum Gasteiger partial charge on any atom is 0.410 e. The zero-order valence-electron chi connectivity index (χ0n) is 19.3. The first kappa shape index (κ1) is 23.1. The number of nitrogens with two attached hydrogens (primary N) is 1. The quantitative estimate of drug-likeness (QED) is 0.723. The van der Waals surface area contributed by atoms with Gasteiger partial charge in [0.25, 0.3) is 0 Å². The summed E-state index contributed by atoms with van der Waals surface area (Å²) >= 11 is 0. The number of nitrogens with zero attached hydrogens (tertiary/aromatic N) is 5. The Morgan fingerprint density at radius 2 is 2.12 bits per heavy atom. The number of methoxy groups -OCH3 is 1. The van der Waals surface area contributed by atoms with Crippen LogP contribution in [0.3, 0.4) is 0 Å². The fourth-order valence-electron chi connectivity index (χ4n) is 3.84. The molecule has 0 aromatic carbocycles. The minimum absolute atomic E-state index is 0.0597. The van der Waals surface area contributed by atoms with Crippen LogP contribution in [0.5, 0.6) is 5.75 Å². The molecule has 0 saturated carbocycles. The van der Waals surface area contributed by atoms with Gasteiger partial charge in [-0.1, -0.05) is 0 Å². The maximum absolute atomic E-state index is 12.5. The Morgan fingerprint density at radius 3 is 2.75 bits per heavy atom. The van der Waals surface area contributed by atoms with E-state index in [9.17, 15) is 10.1 Å². The second-order valence-electron chi connectivity index (χ2n) is 8.78. The van der Waals surface area contributed by atoms with Gasteiger partial charge in [0.2, 0.25) is 0 Å². The first-order chi connectivity index (χ1) is 15.2. The number of allylic oxidation sites excluding steroid dienone is 1. The number of carbonyl (C=O) groups excluding carboxylic acids is 1.